The maximum absolute atomic E-state index is 12.2. The van der Waals surface area contributed by atoms with Crippen molar-refractivity contribution >= 4 is 11.6 Å². The Morgan fingerprint density at radius 3 is 2.78 bits per heavy atom. The van der Waals surface area contributed by atoms with E-state index >= 15 is 0 Å². The number of likely N-dealkylation sites (tertiary alicyclic amines) is 1. The molecule has 5 heteroatoms. The van der Waals surface area contributed by atoms with Crippen LogP contribution in [0.2, 0.25) is 0 Å². The van der Waals surface area contributed by atoms with Crippen molar-refractivity contribution in [2.24, 2.45) is 0 Å². The quantitative estimate of drug-likeness (QED) is 0.892. The lowest BCUT2D eigenvalue weighted by Gasteiger charge is -2.17. The molecule has 1 saturated heterocycles. The summed E-state index contributed by atoms with van der Waals surface area (Å²) in [6.45, 7) is 5.82. The normalized spacial score (nSPS) is 15.0. The monoisotopic (exact) mass is 312 g/mol. The fourth-order valence-electron chi connectivity index (χ4n) is 2.98. The summed E-state index contributed by atoms with van der Waals surface area (Å²) in [6, 6.07) is 8.10. The van der Waals surface area contributed by atoms with E-state index in [4.69, 9.17) is 0 Å². The highest BCUT2D eigenvalue weighted by Crippen LogP contribution is 2.20. The Bertz CT molecular complexity index is 659. The molecule has 5 nitrogen and oxygen atoms in total. The molecule has 1 aliphatic heterocycles. The van der Waals surface area contributed by atoms with Gasteiger partial charge in [-0.05, 0) is 50.0 Å². The molecule has 0 unspecified atom stereocenters. The van der Waals surface area contributed by atoms with Crippen LogP contribution >= 0.6 is 0 Å². The minimum atomic E-state index is 0.0343. The average molecular weight is 312 g/mol. The predicted octanol–water partition coefficient (Wildman–Crippen LogP) is 2.82. The number of carbonyl (C=O) groups excluding carboxylic acids is 1. The van der Waals surface area contributed by atoms with Crippen LogP contribution in [0.5, 0.6) is 0 Å². The van der Waals surface area contributed by atoms with Crippen LogP contribution in [0.3, 0.4) is 0 Å². The number of rotatable bonds is 6. The van der Waals surface area contributed by atoms with Crippen molar-refractivity contribution in [3.05, 3.63) is 47.8 Å². The molecule has 0 aliphatic carbocycles. The Kier molecular flexibility index (Phi) is 5.08. The fraction of sp³-hybridized carbons (Fsp3) is 0.444. The predicted molar refractivity (Wildman–Crippen MR) is 91.2 cm³/mol. The molecule has 0 atom stereocenters. The lowest BCUT2D eigenvalue weighted by molar-refractivity contribution is -0.116. The number of hydrogen-bond acceptors (Lipinski definition) is 3. The molecule has 0 radical (unpaired) electrons. The number of aryl methyl sites for hydroxylation is 2. The van der Waals surface area contributed by atoms with Crippen molar-refractivity contribution < 1.29 is 4.79 Å². The summed E-state index contributed by atoms with van der Waals surface area (Å²) in [5.74, 6) is 0.0343. The maximum atomic E-state index is 12.2. The van der Waals surface area contributed by atoms with Crippen LogP contribution in [0, 0.1) is 6.92 Å². The summed E-state index contributed by atoms with van der Waals surface area (Å²) >= 11 is 0. The van der Waals surface area contributed by atoms with E-state index in [0.717, 1.165) is 30.9 Å². The van der Waals surface area contributed by atoms with E-state index in [1.54, 1.807) is 0 Å². The van der Waals surface area contributed by atoms with Crippen LogP contribution in [-0.2, 0) is 17.9 Å². The number of carbonyl (C=O) groups is 1. The van der Waals surface area contributed by atoms with Crippen molar-refractivity contribution in [1.82, 2.24) is 14.7 Å². The van der Waals surface area contributed by atoms with Crippen molar-refractivity contribution in [2.45, 2.75) is 39.3 Å². The SMILES string of the molecule is Cc1cnn(CCC(=O)Nc2ccccc2CN2CCCC2)c1. The van der Waals surface area contributed by atoms with Gasteiger partial charge in [-0.3, -0.25) is 14.4 Å². The standard InChI is InChI=1S/C18H24N4O/c1-15-12-19-22(13-15)11-8-18(23)20-17-7-3-2-6-16(17)14-21-9-4-5-10-21/h2-3,6-7,12-13H,4-5,8-11,14H2,1H3,(H,20,23). The third-order valence-corrected chi connectivity index (χ3v) is 4.21. The summed E-state index contributed by atoms with van der Waals surface area (Å²) in [7, 11) is 0. The molecule has 1 N–H and O–H groups in total. The third kappa shape index (κ3) is 4.42. The number of anilines is 1. The van der Waals surface area contributed by atoms with Gasteiger partial charge in [-0.1, -0.05) is 18.2 Å². The van der Waals surface area contributed by atoms with E-state index < -0.39 is 0 Å². The van der Waals surface area contributed by atoms with Crippen LogP contribution in [0.4, 0.5) is 5.69 Å². The molecule has 1 fully saturated rings. The van der Waals surface area contributed by atoms with Crippen LogP contribution in [0.25, 0.3) is 0 Å². The number of para-hydroxylation sites is 1. The first-order valence-corrected chi connectivity index (χ1v) is 8.30. The van der Waals surface area contributed by atoms with Crippen LogP contribution in [0.15, 0.2) is 36.7 Å². The first-order chi connectivity index (χ1) is 11.2. The molecule has 2 heterocycles. The molecular weight excluding hydrogens is 288 g/mol. The van der Waals surface area contributed by atoms with Gasteiger partial charge in [0.1, 0.15) is 0 Å². The zero-order valence-electron chi connectivity index (χ0n) is 13.7. The zero-order chi connectivity index (χ0) is 16.1. The summed E-state index contributed by atoms with van der Waals surface area (Å²) in [5, 5.41) is 7.27. The Morgan fingerprint density at radius 2 is 2.04 bits per heavy atom. The van der Waals surface area contributed by atoms with Gasteiger partial charge in [-0.15, -0.1) is 0 Å². The van der Waals surface area contributed by atoms with Gasteiger partial charge in [-0.2, -0.15) is 5.10 Å². The van der Waals surface area contributed by atoms with Crippen LogP contribution in [-0.4, -0.2) is 33.7 Å². The first-order valence-electron chi connectivity index (χ1n) is 8.30. The molecule has 23 heavy (non-hydrogen) atoms. The molecule has 3 rings (SSSR count). The van der Waals surface area contributed by atoms with E-state index in [9.17, 15) is 4.79 Å². The average Bonchev–Trinajstić information content (AvgIpc) is 3.19. The van der Waals surface area contributed by atoms with E-state index in [1.165, 1.54) is 18.4 Å². The van der Waals surface area contributed by atoms with Crippen molar-refractivity contribution in [3.8, 4) is 0 Å². The Hall–Kier alpha value is -2.14. The van der Waals surface area contributed by atoms with Gasteiger partial charge in [0, 0.05) is 31.4 Å². The second-order valence-corrected chi connectivity index (χ2v) is 6.22. The second kappa shape index (κ2) is 7.42. The zero-order valence-corrected chi connectivity index (χ0v) is 13.7. The van der Waals surface area contributed by atoms with Gasteiger partial charge in [0.15, 0.2) is 0 Å². The van der Waals surface area contributed by atoms with Gasteiger partial charge in [0.25, 0.3) is 0 Å². The third-order valence-electron chi connectivity index (χ3n) is 4.21. The topological polar surface area (TPSA) is 50.2 Å². The smallest absolute Gasteiger partial charge is 0.226 e. The second-order valence-electron chi connectivity index (χ2n) is 6.22. The largest absolute Gasteiger partial charge is 0.326 e. The molecule has 1 aromatic carbocycles. The summed E-state index contributed by atoms with van der Waals surface area (Å²) in [4.78, 5) is 14.7. The van der Waals surface area contributed by atoms with E-state index in [-0.39, 0.29) is 5.91 Å². The Morgan fingerprint density at radius 1 is 1.26 bits per heavy atom. The highest BCUT2D eigenvalue weighted by atomic mass is 16.1. The Labute approximate surface area is 137 Å². The summed E-state index contributed by atoms with van der Waals surface area (Å²) < 4.78 is 1.81. The van der Waals surface area contributed by atoms with Crippen LogP contribution < -0.4 is 5.32 Å². The lowest BCUT2D eigenvalue weighted by atomic mass is 10.1. The van der Waals surface area contributed by atoms with E-state index in [2.05, 4.69) is 21.4 Å². The Balaban J connectivity index is 1.57. The van der Waals surface area contributed by atoms with Gasteiger partial charge < -0.3 is 5.32 Å². The van der Waals surface area contributed by atoms with Crippen molar-refractivity contribution in [1.29, 1.82) is 0 Å². The first kappa shape index (κ1) is 15.7. The molecule has 0 spiro atoms. The number of hydrogen-bond donors (Lipinski definition) is 1. The number of nitrogens with zero attached hydrogens (tertiary/aromatic N) is 3. The van der Waals surface area contributed by atoms with Gasteiger partial charge in [0.05, 0.1) is 6.20 Å². The number of amides is 1. The minimum Gasteiger partial charge on any atom is -0.326 e. The molecule has 0 bridgehead atoms. The van der Waals surface area contributed by atoms with Gasteiger partial charge >= 0.3 is 0 Å². The number of nitrogens with one attached hydrogen (secondary N) is 1. The molecule has 1 aliphatic rings. The minimum absolute atomic E-state index is 0.0343. The summed E-state index contributed by atoms with van der Waals surface area (Å²) in [5.41, 5.74) is 3.24. The van der Waals surface area contributed by atoms with Gasteiger partial charge in [0.2, 0.25) is 5.91 Å². The molecule has 2 aromatic rings. The number of benzene rings is 1. The molecule has 0 saturated carbocycles. The highest BCUT2D eigenvalue weighted by Gasteiger charge is 2.14. The summed E-state index contributed by atoms with van der Waals surface area (Å²) in [6.07, 6.45) is 6.74. The molecule has 1 aromatic heterocycles. The lowest BCUT2D eigenvalue weighted by Crippen LogP contribution is -2.21. The molecular formula is C18H24N4O. The molecule has 122 valence electrons. The maximum Gasteiger partial charge on any atom is 0.226 e. The van der Waals surface area contributed by atoms with E-state index in [0.29, 0.717) is 13.0 Å². The molecule has 1 amide bonds. The van der Waals surface area contributed by atoms with E-state index in [1.807, 2.05) is 42.2 Å². The van der Waals surface area contributed by atoms with Crippen molar-refractivity contribution in [3.63, 3.8) is 0 Å². The van der Waals surface area contributed by atoms with Crippen LogP contribution in [0.1, 0.15) is 30.4 Å². The van der Waals surface area contributed by atoms with Gasteiger partial charge in [-0.25, -0.2) is 0 Å². The highest BCUT2D eigenvalue weighted by molar-refractivity contribution is 5.91. The van der Waals surface area contributed by atoms with Crippen molar-refractivity contribution in [2.75, 3.05) is 18.4 Å². The fourth-order valence-corrected chi connectivity index (χ4v) is 2.98. The number of aromatic nitrogens is 2.